The van der Waals surface area contributed by atoms with Crippen molar-refractivity contribution in [3.05, 3.63) is 70.2 Å². The molecule has 2 N–H and O–H groups in total. The molecule has 2 aromatic rings. The van der Waals surface area contributed by atoms with Crippen LogP contribution in [0.25, 0.3) is 0 Å². The van der Waals surface area contributed by atoms with Crippen molar-refractivity contribution in [2.24, 2.45) is 0 Å². The normalized spacial score (nSPS) is 20.1. The Morgan fingerprint density at radius 3 is 2.54 bits per heavy atom. The molecule has 0 radical (unpaired) electrons. The van der Waals surface area contributed by atoms with Gasteiger partial charge in [-0.1, -0.05) is 53.6 Å². The third-order valence-corrected chi connectivity index (χ3v) is 5.17. The number of carbonyl (C=O) groups excluding carboxylic acids is 3. The maximum atomic E-state index is 12.9. The second kappa shape index (κ2) is 7.64. The van der Waals surface area contributed by atoms with E-state index in [2.05, 4.69) is 10.6 Å². The lowest BCUT2D eigenvalue weighted by Gasteiger charge is -2.22. The third kappa shape index (κ3) is 3.87. The number of nitrogens with zero attached hydrogens (tertiary/aromatic N) is 1. The first-order valence-electron chi connectivity index (χ1n) is 8.97. The predicted octanol–water partition coefficient (Wildman–Crippen LogP) is 3.29. The van der Waals surface area contributed by atoms with Gasteiger partial charge in [0.1, 0.15) is 12.1 Å². The summed E-state index contributed by atoms with van der Waals surface area (Å²) in [5, 5.41) is 6.07. The lowest BCUT2D eigenvalue weighted by atomic mass is 9.91. The SMILES string of the molecule is Cc1ccc([C@@]2(C)NC(=O)N(CC(=O)N[C@H](C)c3cccc(Cl)c3)C2=O)cc1. The van der Waals surface area contributed by atoms with Crippen LogP contribution in [0, 0.1) is 6.92 Å². The molecule has 1 fully saturated rings. The number of urea groups is 1. The van der Waals surface area contributed by atoms with Crippen molar-refractivity contribution in [1.29, 1.82) is 0 Å². The second-order valence-corrected chi connectivity index (χ2v) is 7.59. The summed E-state index contributed by atoms with van der Waals surface area (Å²) < 4.78 is 0. The van der Waals surface area contributed by atoms with Crippen LogP contribution in [-0.4, -0.2) is 29.3 Å². The van der Waals surface area contributed by atoms with Crippen LogP contribution in [0.1, 0.15) is 36.6 Å². The highest BCUT2D eigenvalue weighted by molar-refractivity contribution is 6.30. The Morgan fingerprint density at radius 1 is 1.21 bits per heavy atom. The highest BCUT2D eigenvalue weighted by Crippen LogP contribution is 2.29. The van der Waals surface area contributed by atoms with Gasteiger partial charge in [0.15, 0.2) is 0 Å². The van der Waals surface area contributed by atoms with Crippen molar-refractivity contribution >= 4 is 29.4 Å². The molecule has 7 heteroatoms. The topological polar surface area (TPSA) is 78.5 Å². The van der Waals surface area contributed by atoms with Crippen LogP contribution in [-0.2, 0) is 15.1 Å². The first-order chi connectivity index (χ1) is 13.2. The van der Waals surface area contributed by atoms with Gasteiger partial charge in [-0.25, -0.2) is 4.79 Å². The quantitative estimate of drug-likeness (QED) is 0.757. The van der Waals surface area contributed by atoms with Crippen LogP contribution in [0.15, 0.2) is 48.5 Å². The zero-order valence-electron chi connectivity index (χ0n) is 16.0. The fourth-order valence-corrected chi connectivity index (χ4v) is 3.41. The summed E-state index contributed by atoms with van der Waals surface area (Å²) in [7, 11) is 0. The molecule has 2 atom stereocenters. The molecule has 28 heavy (non-hydrogen) atoms. The molecule has 2 aromatic carbocycles. The van der Waals surface area contributed by atoms with E-state index in [4.69, 9.17) is 11.6 Å². The van der Waals surface area contributed by atoms with Gasteiger partial charge < -0.3 is 10.6 Å². The highest BCUT2D eigenvalue weighted by Gasteiger charge is 2.49. The average molecular weight is 400 g/mol. The van der Waals surface area contributed by atoms with Crippen molar-refractivity contribution in [2.45, 2.75) is 32.4 Å². The van der Waals surface area contributed by atoms with E-state index in [1.807, 2.05) is 32.0 Å². The number of halogens is 1. The fourth-order valence-electron chi connectivity index (χ4n) is 3.21. The summed E-state index contributed by atoms with van der Waals surface area (Å²) >= 11 is 5.98. The molecule has 146 valence electrons. The molecule has 3 rings (SSSR count). The Hall–Kier alpha value is -2.86. The lowest BCUT2D eigenvalue weighted by Crippen LogP contribution is -2.43. The summed E-state index contributed by atoms with van der Waals surface area (Å²) in [6, 6.07) is 13.6. The van der Waals surface area contributed by atoms with Crippen LogP contribution in [0.3, 0.4) is 0 Å². The van der Waals surface area contributed by atoms with E-state index in [-0.39, 0.29) is 12.6 Å². The van der Waals surface area contributed by atoms with Crippen LogP contribution in [0.4, 0.5) is 4.79 Å². The summed E-state index contributed by atoms with van der Waals surface area (Å²) in [4.78, 5) is 38.7. The molecule has 0 bridgehead atoms. The van der Waals surface area contributed by atoms with E-state index in [0.29, 0.717) is 10.6 Å². The monoisotopic (exact) mass is 399 g/mol. The van der Waals surface area contributed by atoms with Crippen LogP contribution < -0.4 is 10.6 Å². The first kappa shape index (κ1) is 19.9. The van der Waals surface area contributed by atoms with Gasteiger partial charge in [0.05, 0.1) is 6.04 Å². The number of hydrogen-bond acceptors (Lipinski definition) is 3. The van der Waals surface area contributed by atoms with Crippen molar-refractivity contribution < 1.29 is 14.4 Å². The Bertz CT molecular complexity index is 929. The van der Waals surface area contributed by atoms with Gasteiger partial charge in [-0.15, -0.1) is 0 Å². The fraction of sp³-hybridized carbons (Fsp3) is 0.286. The number of amides is 4. The second-order valence-electron chi connectivity index (χ2n) is 7.16. The summed E-state index contributed by atoms with van der Waals surface area (Å²) in [5.41, 5.74) is 1.37. The van der Waals surface area contributed by atoms with Crippen molar-refractivity contribution in [3.63, 3.8) is 0 Å². The van der Waals surface area contributed by atoms with Crippen LogP contribution in [0.5, 0.6) is 0 Å². The molecular weight excluding hydrogens is 378 g/mol. The Labute approximate surface area is 168 Å². The number of rotatable bonds is 5. The maximum Gasteiger partial charge on any atom is 0.325 e. The highest BCUT2D eigenvalue weighted by atomic mass is 35.5. The lowest BCUT2D eigenvalue weighted by molar-refractivity contribution is -0.135. The van der Waals surface area contributed by atoms with Crippen molar-refractivity contribution in [2.75, 3.05) is 6.54 Å². The van der Waals surface area contributed by atoms with Gasteiger partial charge >= 0.3 is 6.03 Å². The van der Waals surface area contributed by atoms with E-state index in [9.17, 15) is 14.4 Å². The number of aryl methyl sites for hydroxylation is 1. The molecule has 0 aliphatic carbocycles. The van der Waals surface area contributed by atoms with Crippen molar-refractivity contribution in [3.8, 4) is 0 Å². The molecule has 0 unspecified atom stereocenters. The van der Waals surface area contributed by atoms with E-state index < -0.39 is 23.4 Å². The number of hydrogen-bond donors (Lipinski definition) is 2. The minimum Gasteiger partial charge on any atom is -0.348 e. The zero-order valence-corrected chi connectivity index (χ0v) is 16.7. The van der Waals surface area contributed by atoms with Gasteiger partial charge in [0.2, 0.25) is 5.91 Å². The summed E-state index contributed by atoms with van der Waals surface area (Å²) in [6.07, 6.45) is 0. The van der Waals surface area contributed by atoms with Crippen LogP contribution >= 0.6 is 11.6 Å². The molecule has 0 spiro atoms. The molecular formula is C21H22ClN3O3. The smallest absolute Gasteiger partial charge is 0.325 e. The average Bonchev–Trinajstić information content (AvgIpc) is 2.86. The molecule has 6 nitrogen and oxygen atoms in total. The molecule has 0 saturated carbocycles. The summed E-state index contributed by atoms with van der Waals surface area (Å²) in [5.74, 6) is -0.879. The van der Waals surface area contributed by atoms with Crippen LogP contribution in [0.2, 0.25) is 5.02 Å². The first-order valence-corrected chi connectivity index (χ1v) is 9.34. The number of benzene rings is 2. The van der Waals surface area contributed by atoms with Gasteiger partial charge in [-0.3, -0.25) is 14.5 Å². The van der Waals surface area contributed by atoms with Crippen molar-refractivity contribution in [1.82, 2.24) is 15.5 Å². The maximum absolute atomic E-state index is 12.9. The third-order valence-electron chi connectivity index (χ3n) is 4.93. The van der Waals surface area contributed by atoms with Gasteiger partial charge in [0.25, 0.3) is 5.91 Å². The molecule has 1 aliphatic heterocycles. The predicted molar refractivity (Wildman–Crippen MR) is 107 cm³/mol. The Morgan fingerprint density at radius 2 is 1.89 bits per heavy atom. The minimum atomic E-state index is -1.19. The van der Waals surface area contributed by atoms with E-state index in [1.54, 1.807) is 37.3 Å². The number of imide groups is 1. The van der Waals surface area contributed by atoms with E-state index in [0.717, 1.165) is 16.0 Å². The molecule has 1 heterocycles. The number of carbonyl (C=O) groups is 3. The van der Waals surface area contributed by atoms with E-state index >= 15 is 0 Å². The molecule has 1 saturated heterocycles. The van der Waals surface area contributed by atoms with Gasteiger partial charge in [0, 0.05) is 5.02 Å². The zero-order chi connectivity index (χ0) is 20.5. The Kier molecular flexibility index (Phi) is 5.42. The molecule has 0 aromatic heterocycles. The Balaban J connectivity index is 1.70. The molecule has 1 aliphatic rings. The standard InChI is InChI=1S/C21H22ClN3O3/c1-13-7-9-16(10-8-13)21(3)19(27)25(20(28)24-21)12-18(26)23-14(2)15-5-4-6-17(22)11-15/h4-11,14H,12H2,1-3H3,(H,23,26)(H,24,28)/t14-,21-/m1/s1. The minimum absolute atomic E-state index is 0.310. The molecule has 4 amide bonds. The number of nitrogens with one attached hydrogen (secondary N) is 2. The van der Waals surface area contributed by atoms with E-state index in [1.165, 1.54) is 0 Å². The summed E-state index contributed by atoms with van der Waals surface area (Å²) in [6.45, 7) is 5.05. The van der Waals surface area contributed by atoms with Gasteiger partial charge in [-0.2, -0.15) is 0 Å². The van der Waals surface area contributed by atoms with Gasteiger partial charge in [-0.05, 0) is 44.0 Å². The largest absolute Gasteiger partial charge is 0.348 e.